The van der Waals surface area contributed by atoms with Gasteiger partial charge in [0.1, 0.15) is 17.6 Å². The first-order valence-corrected chi connectivity index (χ1v) is 11.2. The van der Waals surface area contributed by atoms with Crippen LogP contribution >= 0.6 is 0 Å². The summed E-state index contributed by atoms with van der Waals surface area (Å²) in [6.45, 7) is 4.12. The molecule has 11 heteroatoms. The molecule has 0 unspecified atom stereocenters. The van der Waals surface area contributed by atoms with Crippen molar-refractivity contribution in [3.8, 4) is 23.1 Å². The van der Waals surface area contributed by atoms with E-state index >= 15 is 0 Å². The van der Waals surface area contributed by atoms with Crippen LogP contribution in [0.4, 0.5) is 11.4 Å². The van der Waals surface area contributed by atoms with Crippen molar-refractivity contribution in [3.63, 3.8) is 0 Å². The molecule has 1 aliphatic heterocycles. The predicted molar refractivity (Wildman–Crippen MR) is 132 cm³/mol. The van der Waals surface area contributed by atoms with Gasteiger partial charge in [-0.05, 0) is 37.4 Å². The summed E-state index contributed by atoms with van der Waals surface area (Å²) in [5.74, 6) is 1.49. The molecule has 11 nitrogen and oxygen atoms in total. The van der Waals surface area contributed by atoms with Gasteiger partial charge in [-0.2, -0.15) is 5.10 Å². The number of anilines is 1. The monoisotopic (exact) mass is 470 g/mol. The molecule has 1 saturated heterocycles. The lowest BCUT2D eigenvalue weighted by Crippen LogP contribution is -2.44. The quantitative estimate of drug-likeness (QED) is 0.292. The van der Waals surface area contributed by atoms with Gasteiger partial charge < -0.3 is 19.5 Å². The molecule has 0 aliphatic carbocycles. The van der Waals surface area contributed by atoms with Gasteiger partial charge in [-0.3, -0.25) is 15.2 Å². The van der Waals surface area contributed by atoms with Crippen LogP contribution in [0.5, 0.6) is 11.6 Å². The summed E-state index contributed by atoms with van der Waals surface area (Å²) in [6, 6.07) is 14.6. The molecule has 5 aromatic rings. The van der Waals surface area contributed by atoms with Gasteiger partial charge in [-0.15, -0.1) is 0 Å². The van der Waals surface area contributed by atoms with E-state index in [1.54, 1.807) is 6.07 Å². The van der Waals surface area contributed by atoms with Gasteiger partial charge in [-0.1, -0.05) is 0 Å². The number of hydrogen-bond acceptors (Lipinski definition) is 8. The fourth-order valence-electron chi connectivity index (χ4n) is 4.28. The van der Waals surface area contributed by atoms with Crippen molar-refractivity contribution in [1.82, 2.24) is 30.0 Å². The van der Waals surface area contributed by atoms with E-state index in [2.05, 4.69) is 49.1 Å². The van der Waals surface area contributed by atoms with Crippen LogP contribution < -0.4 is 9.64 Å². The van der Waals surface area contributed by atoms with Crippen molar-refractivity contribution in [1.29, 1.82) is 0 Å². The Morgan fingerprint density at radius 3 is 2.66 bits per heavy atom. The van der Waals surface area contributed by atoms with Gasteiger partial charge in [0.25, 0.3) is 5.69 Å². The second-order valence-corrected chi connectivity index (χ2v) is 8.57. The molecule has 176 valence electrons. The first-order chi connectivity index (χ1) is 17.0. The largest absolute Gasteiger partial charge is 0.439 e. The second kappa shape index (κ2) is 8.37. The summed E-state index contributed by atoms with van der Waals surface area (Å²) < 4.78 is 5.75. The number of pyridine rings is 1. The number of benzene rings is 2. The summed E-state index contributed by atoms with van der Waals surface area (Å²) in [5, 5.41) is 19.2. The van der Waals surface area contributed by atoms with Gasteiger partial charge in [0, 0.05) is 55.5 Å². The van der Waals surface area contributed by atoms with Gasteiger partial charge in [-0.25, -0.2) is 9.97 Å². The maximum absolute atomic E-state index is 10.8. The van der Waals surface area contributed by atoms with Crippen molar-refractivity contribution in [2.24, 2.45) is 0 Å². The molecular formula is C24H22N8O3. The zero-order valence-corrected chi connectivity index (χ0v) is 18.9. The summed E-state index contributed by atoms with van der Waals surface area (Å²) in [6.07, 6.45) is 1.17. The normalized spacial score (nSPS) is 14.6. The number of likely N-dealkylation sites (N-methyl/N-ethyl adjacent to an activating group) is 1. The Bertz CT molecular complexity index is 1530. The van der Waals surface area contributed by atoms with Crippen LogP contribution in [0.3, 0.4) is 0 Å². The maximum Gasteiger partial charge on any atom is 0.287 e. The molecule has 3 aromatic heterocycles. The fraction of sp³-hybridized carbons (Fsp3) is 0.208. The zero-order chi connectivity index (χ0) is 23.9. The van der Waals surface area contributed by atoms with E-state index in [0.717, 1.165) is 53.8 Å². The highest BCUT2D eigenvalue weighted by molar-refractivity contribution is 5.94. The number of nitrogens with zero attached hydrogens (tertiary/aromatic N) is 6. The van der Waals surface area contributed by atoms with E-state index in [9.17, 15) is 10.1 Å². The van der Waals surface area contributed by atoms with Crippen LogP contribution in [0, 0.1) is 10.1 Å². The highest BCUT2D eigenvalue weighted by Crippen LogP contribution is 2.31. The number of H-pyrrole nitrogens is 2. The molecule has 0 atom stereocenters. The highest BCUT2D eigenvalue weighted by Gasteiger charge is 2.17. The minimum atomic E-state index is -0.500. The predicted octanol–water partition coefficient (Wildman–Crippen LogP) is 3.95. The molecule has 1 aliphatic rings. The molecule has 0 amide bonds. The van der Waals surface area contributed by atoms with Crippen molar-refractivity contribution in [3.05, 3.63) is 64.8 Å². The van der Waals surface area contributed by atoms with Crippen molar-refractivity contribution in [2.45, 2.75) is 0 Å². The number of nitrogens with one attached hydrogen (secondary N) is 2. The fourth-order valence-corrected chi connectivity index (χ4v) is 4.28. The van der Waals surface area contributed by atoms with Gasteiger partial charge in [0.15, 0.2) is 5.82 Å². The Hall–Kier alpha value is -4.51. The molecule has 2 N–H and O–H groups in total. The van der Waals surface area contributed by atoms with E-state index in [1.165, 1.54) is 24.0 Å². The van der Waals surface area contributed by atoms with E-state index in [1.807, 2.05) is 18.2 Å². The van der Waals surface area contributed by atoms with Crippen LogP contribution in [0.1, 0.15) is 0 Å². The average molecular weight is 470 g/mol. The number of hydrogen-bond donors (Lipinski definition) is 2. The number of fused-ring (bicyclic) bond motifs is 2. The number of rotatable bonds is 5. The van der Waals surface area contributed by atoms with Gasteiger partial charge in [0.2, 0.25) is 5.88 Å². The molecule has 2 aromatic carbocycles. The van der Waals surface area contributed by atoms with Crippen LogP contribution in [-0.4, -0.2) is 68.2 Å². The minimum absolute atomic E-state index is 0.0903. The third-order valence-corrected chi connectivity index (χ3v) is 6.25. The van der Waals surface area contributed by atoms with Crippen molar-refractivity contribution < 1.29 is 9.66 Å². The lowest BCUT2D eigenvalue weighted by atomic mass is 10.2. The number of aromatic amines is 2. The van der Waals surface area contributed by atoms with Crippen LogP contribution in [0.15, 0.2) is 54.7 Å². The van der Waals surface area contributed by atoms with Crippen molar-refractivity contribution in [2.75, 3.05) is 38.1 Å². The average Bonchev–Trinajstić information content (AvgIpc) is 3.48. The molecule has 0 saturated carbocycles. The molecule has 0 spiro atoms. The summed E-state index contributed by atoms with van der Waals surface area (Å²) in [4.78, 5) is 27.2. The SMILES string of the molecule is CN1CCN(c2ccc3nc(-c4n[nH]c5cc(Oc6ccc([N+](=O)[O-])cn6)ccc45)[nH]c3c2)CC1. The highest BCUT2D eigenvalue weighted by atomic mass is 16.6. The number of ether oxygens (including phenoxy) is 1. The molecule has 35 heavy (non-hydrogen) atoms. The molecule has 1 fully saturated rings. The Kier molecular flexibility index (Phi) is 5.03. The Balaban J connectivity index is 1.26. The topological polar surface area (TPSA) is 129 Å². The van der Waals surface area contributed by atoms with Crippen LogP contribution in [-0.2, 0) is 0 Å². The van der Waals surface area contributed by atoms with Crippen molar-refractivity contribution >= 4 is 33.3 Å². The van der Waals surface area contributed by atoms with E-state index in [-0.39, 0.29) is 11.6 Å². The number of nitro groups is 1. The van der Waals surface area contributed by atoms with Gasteiger partial charge in [0.05, 0.1) is 21.5 Å². The molecule has 6 rings (SSSR count). The first-order valence-electron chi connectivity index (χ1n) is 11.2. The van der Waals surface area contributed by atoms with Crippen LogP contribution in [0.25, 0.3) is 33.5 Å². The Morgan fingerprint density at radius 2 is 1.89 bits per heavy atom. The molecule has 4 heterocycles. The second-order valence-electron chi connectivity index (χ2n) is 8.57. The molecular weight excluding hydrogens is 448 g/mol. The first kappa shape index (κ1) is 21.1. The number of piperazine rings is 1. The molecule has 0 bridgehead atoms. The number of aromatic nitrogens is 5. The molecule has 0 radical (unpaired) electrons. The smallest absolute Gasteiger partial charge is 0.287 e. The zero-order valence-electron chi connectivity index (χ0n) is 18.9. The van der Waals surface area contributed by atoms with E-state index in [4.69, 9.17) is 9.72 Å². The third-order valence-electron chi connectivity index (χ3n) is 6.25. The lowest BCUT2D eigenvalue weighted by Gasteiger charge is -2.34. The third kappa shape index (κ3) is 4.02. The lowest BCUT2D eigenvalue weighted by molar-refractivity contribution is -0.385. The Morgan fingerprint density at radius 1 is 1.03 bits per heavy atom. The standard InChI is InChI=1S/C24H22N8O3/c1-30-8-10-31(11-9-30)15-2-6-19-21(12-15)27-24(26-19)23-18-5-4-17(13-20(18)28-29-23)35-22-7-3-16(14-25-22)32(33)34/h2-7,12-14H,8-11H2,1H3,(H,26,27)(H,28,29). The minimum Gasteiger partial charge on any atom is -0.439 e. The summed E-state index contributed by atoms with van der Waals surface area (Å²) in [5.41, 5.74) is 4.45. The van der Waals surface area contributed by atoms with E-state index in [0.29, 0.717) is 11.6 Å². The summed E-state index contributed by atoms with van der Waals surface area (Å²) >= 11 is 0. The van der Waals surface area contributed by atoms with E-state index < -0.39 is 4.92 Å². The maximum atomic E-state index is 10.8. The summed E-state index contributed by atoms with van der Waals surface area (Å²) in [7, 11) is 2.15. The number of imidazole rings is 1. The Labute approximate surface area is 199 Å². The van der Waals surface area contributed by atoms with Gasteiger partial charge >= 0.3 is 0 Å². The van der Waals surface area contributed by atoms with Crippen LogP contribution in [0.2, 0.25) is 0 Å².